The molecule has 3 heterocycles. The molecule has 0 aliphatic carbocycles. The molecule has 10 heteroatoms. The number of hydrogen-bond donors (Lipinski definition) is 2. The van der Waals surface area contributed by atoms with E-state index < -0.39 is 12.1 Å². The van der Waals surface area contributed by atoms with Gasteiger partial charge in [-0.3, -0.25) is 19.3 Å². The molecular formula is C31H33N3O7. The molecule has 2 atom stereocenters. The molecule has 6 bridgehead atoms. The third-order valence-corrected chi connectivity index (χ3v) is 7.25. The van der Waals surface area contributed by atoms with Gasteiger partial charge in [-0.15, -0.1) is 0 Å². The number of carbonyl (C=O) groups is 3. The second-order valence-electron chi connectivity index (χ2n) is 10.1. The Morgan fingerprint density at radius 3 is 2.68 bits per heavy atom. The molecule has 1 fully saturated rings. The summed E-state index contributed by atoms with van der Waals surface area (Å²) in [6, 6.07) is 17.9. The average Bonchev–Trinajstić information content (AvgIpc) is 3.34. The number of nitrogens with zero attached hydrogens (tertiary/aromatic N) is 1. The SMILES string of the molecule is COC(=O)CN1C[C@@H]2NC(=O)c3ccc(C)c(c3)-c3cccc(c3)OCC(=O)NCc3ccc(c(OC)c3)O[C@H]2C1. The molecule has 0 spiro atoms. The molecule has 0 radical (unpaired) electrons. The van der Waals surface area contributed by atoms with E-state index in [0.29, 0.717) is 35.9 Å². The number of rotatable bonds is 3. The van der Waals surface area contributed by atoms with Gasteiger partial charge in [0.25, 0.3) is 11.8 Å². The highest BCUT2D eigenvalue weighted by molar-refractivity contribution is 5.96. The first-order chi connectivity index (χ1) is 19.8. The fraction of sp³-hybridized carbons (Fsp3) is 0.323. The summed E-state index contributed by atoms with van der Waals surface area (Å²) >= 11 is 0. The van der Waals surface area contributed by atoms with Crippen molar-refractivity contribution in [3.8, 4) is 28.4 Å². The predicted molar refractivity (Wildman–Crippen MR) is 151 cm³/mol. The van der Waals surface area contributed by atoms with E-state index in [1.54, 1.807) is 24.3 Å². The van der Waals surface area contributed by atoms with E-state index in [1.807, 2.05) is 48.2 Å². The molecular weight excluding hydrogens is 526 g/mol. The zero-order valence-electron chi connectivity index (χ0n) is 23.3. The summed E-state index contributed by atoms with van der Waals surface area (Å²) < 4.78 is 22.6. The minimum atomic E-state index is -0.465. The van der Waals surface area contributed by atoms with Crippen LogP contribution >= 0.6 is 0 Å². The van der Waals surface area contributed by atoms with Crippen LogP contribution in [-0.2, 0) is 20.9 Å². The topological polar surface area (TPSA) is 115 Å². The molecule has 3 aliphatic rings. The van der Waals surface area contributed by atoms with Crippen LogP contribution in [0, 0.1) is 6.92 Å². The summed E-state index contributed by atoms with van der Waals surface area (Å²) in [5, 5.41) is 5.99. The van der Waals surface area contributed by atoms with Crippen LogP contribution in [0.2, 0.25) is 0 Å². The molecule has 3 aromatic carbocycles. The zero-order chi connectivity index (χ0) is 28.9. The molecule has 214 valence electrons. The van der Waals surface area contributed by atoms with Gasteiger partial charge in [-0.2, -0.15) is 0 Å². The van der Waals surface area contributed by atoms with Crippen molar-refractivity contribution in [1.29, 1.82) is 0 Å². The van der Waals surface area contributed by atoms with Crippen molar-refractivity contribution >= 4 is 17.8 Å². The standard InChI is InChI=1S/C31H33N3O7/c1-19-7-9-22-13-24(19)21-5-4-6-23(12-21)40-18-29(35)32-14-20-8-10-26(27(11-20)38-2)41-28-16-34(17-30(36)39-3)15-25(28)33-31(22)37/h4-13,25,28H,14-18H2,1-3H3,(H,32,35)(H,33,37)/t25-,28-/m0/s1. The fourth-order valence-corrected chi connectivity index (χ4v) is 5.05. The van der Waals surface area contributed by atoms with Crippen molar-refractivity contribution in [2.24, 2.45) is 0 Å². The fourth-order valence-electron chi connectivity index (χ4n) is 5.05. The number of methoxy groups -OCH3 is 2. The number of esters is 1. The molecule has 1 saturated heterocycles. The van der Waals surface area contributed by atoms with Gasteiger partial charge < -0.3 is 29.6 Å². The largest absolute Gasteiger partial charge is 0.493 e. The Bertz CT molecular complexity index is 1460. The van der Waals surface area contributed by atoms with Crippen LogP contribution in [0.3, 0.4) is 0 Å². The molecule has 2 N–H and O–H groups in total. The maximum Gasteiger partial charge on any atom is 0.319 e. The molecule has 6 rings (SSSR count). The summed E-state index contributed by atoms with van der Waals surface area (Å²) in [6.45, 7) is 2.98. The first kappa shape index (κ1) is 28.0. The second kappa shape index (κ2) is 12.3. The van der Waals surface area contributed by atoms with Gasteiger partial charge in [-0.25, -0.2) is 0 Å². The Labute approximate surface area is 238 Å². The van der Waals surface area contributed by atoms with E-state index in [9.17, 15) is 14.4 Å². The molecule has 3 aromatic rings. The highest BCUT2D eigenvalue weighted by atomic mass is 16.5. The van der Waals surface area contributed by atoms with Gasteiger partial charge in [0.05, 0.1) is 26.8 Å². The van der Waals surface area contributed by atoms with Crippen LogP contribution in [0.25, 0.3) is 11.1 Å². The van der Waals surface area contributed by atoms with Gasteiger partial charge in [0.15, 0.2) is 18.1 Å². The monoisotopic (exact) mass is 559 g/mol. The lowest BCUT2D eigenvalue weighted by Crippen LogP contribution is -2.45. The Morgan fingerprint density at radius 2 is 1.88 bits per heavy atom. The first-order valence-corrected chi connectivity index (χ1v) is 13.4. The van der Waals surface area contributed by atoms with Gasteiger partial charge in [0, 0.05) is 25.2 Å². The van der Waals surface area contributed by atoms with Gasteiger partial charge in [-0.05, 0) is 65.6 Å². The predicted octanol–water partition coefficient (Wildman–Crippen LogP) is 2.71. The number of nitrogens with one attached hydrogen (secondary N) is 2. The van der Waals surface area contributed by atoms with E-state index >= 15 is 0 Å². The van der Waals surface area contributed by atoms with Gasteiger partial charge >= 0.3 is 5.97 Å². The quantitative estimate of drug-likeness (QED) is 0.471. The Balaban J connectivity index is 1.50. The number of benzene rings is 3. The Kier molecular flexibility index (Phi) is 8.39. The molecule has 10 nitrogen and oxygen atoms in total. The lowest BCUT2D eigenvalue weighted by molar-refractivity contribution is -0.141. The molecule has 0 saturated carbocycles. The number of likely N-dealkylation sites (tertiary alicyclic amines) is 1. The highest BCUT2D eigenvalue weighted by Gasteiger charge is 2.37. The molecule has 0 unspecified atom stereocenters. The maximum absolute atomic E-state index is 13.5. The Morgan fingerprint density at radius 1 is 1.02 bits per heavy atom. The van der Waals surface area contributed by atoms with E-state index in [0.717, 1.165) is 22.3 Å². The summed E-state index contributed by atoms with van der Waals surface area (Å²) in [6.07, 6.45) is -0.465. The maximum atomic E-state index is 13.5. The van der Waals surface area contributed by atoms with Crippen molar-refractivity contribution < 1.29 is 33.3 Å². The van der Waals surface area contributed by atoms with Gasteiger partial charge in [0.1, 0.15) is 11.9 Å². The van der Waals surface area contributed by atoms with Gasteiger partial charge in [0.2, 0.25) is 0 Å². The van der Waals surface area contributed by atoms with Crippen molar-refractivity contribution in [3.63, 3.8) is 0 Å². The van der Waals surface area contributed by atoms with Crippen molar-refractivity contribution in [2.75, 3.05) is 40.5 Å². The lowest BCUT2D eigenvalue weighted by atomic mass is 9.97. The smallest absolute Gasteiger partial charge is 0.319 e. The molecule has 41 heavy (non-hydrogen) atoms. The third-order valence-electron chi connectivity index (χ3n) is 7.25. The van der Waals surface area contributed by atoms with Crippen LogP contribution in [0.4, 0.5) is 0 Å². The summed E-state index contributed by atoms with van der Waals surface area (Å²) in [4.78, 5) is 40.0. The van der Waals surface area contributed by atoms with Crippen LogP contribution < -0.4 is 24.8 Å². The summed E-state index contributed by atoms with van der Waals surface area (Å²) in [5.74, 6) is 0.624. The number of fused-ring (bicyclic) bond motifs is 7. The number of carbonyl (C=O) groups excluding carboxylic acids is 3. The van der Waals surface area contributed by atoms with Crippen LogP contribution in [0.5, 0.6) is 17.2 Å². The molecule has 3 aliphatic heterocycles. The minimum absolute atomic E-state index is 0.0750. The van der Waals surface area contributed by atoms with Crippen LogP contribution in [0.15, 0.2) is 60.7 Å². The van der Waals surface area contributed by atoms with Crippen molar-refractivity contribution in [2.45, 2.75) is 25.6 Å². The van der Waals surface area contributed by atoms with Gasteiger partial charge in [-0.1, -0.05) is 24.3 Å². The van der Waals surface area contributed by atoms with Crippen LogP contribution in [-0.4, -0.2) is 75.3 Å². The first-order valence-electron chi connectivity index (χ1n) is 13.4. The van der Waals surface area contributed by atoms with E-state index in [2.05, 4.69) is 10.6 Å². The van der Waals surface area contributed by atoms with Crippen molar-refractivity contribution in [1.82, 2.24) is 15.5 Å². The summed E-state index contributed by atoms with van der Waals surface area (Å²) in [5.41, 5.74) is 4.02. The highest BCUT2D eigenvalue weighted by Crippen LogP contribution is 2.31. The van der Waals surface area contributed by atoms with E-state index in [4.69, 9.17) is 18.9 Å². The normalized spacial score (nSPS) is 19.2. The Hall–Kier alpha value is -4.57. The molecule has 2 amide bonds. The number of aryl methyl sites for hydroxylation is 1. The van der Waals surface area contributed by atoms with Crippen molar-refractivity contribution in [3.05, 3.63) is 77.4 Å². The van der Waals surface area contributed by atoms with E-state index in [-0.39, 0.29) is 37.5 Å². The number of hydrogen-bond acceptors (Lipinski definition) is 8. The lowest BCUT2D eigenvalue weighted by Gasteiger charge is -2.23. The average molecular weight is 560 g/mol. The number of ether oxygens (including phenoxy) is 4. The second-order valence-corrected chi connectivity index (χ2v) is 10.1. The zero-order valence-corrected chi connectivity index (χ0v) is 23.3. The third kappa shape index (κ3) is 6.60. The van der Waals surface area contributed by atoms with Crippen LogP contribution in [0.1, 0.15) is 21.5 Å². The van der Waals surface area contributed by atoms with E-state index in [1.165, 1.54) is 14.2 Å². The number of amides is 2. The molecule has 0 aromatic heterocycles. The minimum Gasteiger partial charge on any atom is -0.493 e. The summed E-state index contributed by atoms with van der Waals surface area (Å²) in [7, 11) is 2.88.